The number of benzene rings is 1. The van der Waals surface area contributed by atoms with Crippen LogP contribution in [0.25, 0.3) is 0 Å². The molecule has 1 aromatic rings. The molecule has 1 heterocycles. The minimum Gasteiger partial charge on any atom is -0.403 e. The molecule has 0 aliphatic carbocycles. The Kier molecular flexibility index (Phi) is 10.8. The summed E-state index contributed by atoms with van der Waals surface area (Å²) in [5.41, 5.74) is 0.699. The lowest BCUT2D eigenvalue weighted by atomic mass is 9.95. The van der Waals surface area contributed by atoms with Gasteiger partial charge in [0.25, 0.3) is 0 Å². The molecule has 0 spiro atoms. The molecule has 2 rings (SSSR count). The maximum Gasteiger partial charge on any atom is 0.573 e. The molecule has 1 aromatic carbocycles. The van der Waals surface area contributed by atoms with Crippen LogP contribution < -0.4 is 10.1 Å². The van der Waals surface area contributed by atoms with Crippen molar-refractivity contribution in [3.63, 3.8) is 0 Å². The Morgan fingerprint density at radius 1 is 1.12 bits per heavy atom. The molecule has 1 N–H and O–H groups in total. The zero-order valence-corrected chi connectivity index (χ0v) is 16.4. The lowest BCUT2D eigenvalue weighted by molar-refractivity contribution is -0.275. The third kappa shape index (κ3) is 7.86. The van der Waals surface area contributed by atoms with E-state index < -0.39 is 17.9 Å². The summed E-state index contributed by atoms with van der Waals surface area (Å²) in [6, 6.07) is 3.79. The summed E-state index contributed by atoms with van der Waals surface area (Å²) < 4.78 is 54.6. The first-order chi connectivity index (χ1) is 11.3. The largest absolute Gasteiger partial charge is 0.573 e. The molecule has 1 saturated heterocycles. The van der Waals surface area contributed by atoms with Crippen molar-refractivity contribution in [3.05, 3.63) is 29.6 Å². The van der Waals surface area contributed by atoms with Gasteiger partial charge < -0.3 is 10.1 Å². The van der Waals surface area contributed by atoms with Crippen molar-refractivity contribution in [2.75, 3.05) is 26.2 Å². The van der Waals surface area contributed by atoms with E-state index in [0.29, 0.717) is 11.5 Å². The summed E-state index contributed by atoms with van der Waals surface area (Å²) in [5.74, 6) is -1.25. The number of rotatable bonds is 6. The molecule has 1 aliphatic heterocycles. The van der Waals surface area contributed by atoms with Crippen LogP contribution in [0.2, 0.25) is 0 Å². The van der Waals surface area contributed by atoms with Crippen LogP contribution in [-0.4, -0.2) is 37.4 Å². The number of hydrogen-bond donors (Lipinski definition) is 1. The van der Waals surface area contributed by atoms with E-state index in [-0.39, 0.29) is 30.9 Å². The van der Waals surface area contributed by atoms with Gasteiger partial charge in [-0.3, -0.25) is 4.90 Å². The smallest absolute Gasteiger partial charge is 0.403 e. The summed E-state index contributed by atoms with van der Waals surface area (Å²) in [5, 5.41) is 3.27. The van der Waals surface area contributed by atoms with E-state index in [0.717, 1.165) is 45.1 Å². The third-order valence-corrected chi connectivity index (χ3v) is 4.18. The van der Waals surface area contributed by atoms with Crippen LogP contribution in [0.1, 0.15) is 38.3 Å². The van der Waals surface area contributed by atoms with Gasteiger partial charge in [0.1, 0.15) is 0 Å². The predicted molar refractivity (Wildman–Crippen MR) is 98.8 cm³/mol. The van der Waals surface area contributed by atoms with Gasteiger partial charge in [-0.05, 0) is 36.5 Å². The van der Waals surface area contributed by atoms with Gasteiger partial charge >= 0.3 is 6.36 Å². The Morgan fingerprint density at radius 3 is 2.23 bits per heavy atom. The highest BCUT2D eigenvalue weighted by atomic mass is 35.5. The lowest BCUT2D eigenvalue weighted by Gasteiger charge is -2.35. The fourth-order valence-corrected chi connectivity index (χ4v) is 2.98. The summed E-state index contributed by atoms with van der Waals surface area (Å²) in [6.45, 7) is 7.63. The van der Waals surface area contributed by atoms with E-state index in [4.69, 9.17) is 0 Å². The van der Waals surface area contributed by atoms with E-state index in [1.165, 1.54) is 12.1 Å². The Bertz CT molecular complexity index is 538. The standard InChI is InChI=1S/C17H24F4N2O.2ClH/c1-12(2)3-5-15(23-9-7-22-8-10-23)13-4-6-16(14(18)11-13)24-17(19,20)21;;/h4,6,11-12,15,22H,3,5,7-10H2,1-2H3;2*1H/t15-;;/m0../s1. The predicted octanol–water partition coefficient (Wildman–Crippen LogP) is 4.95. The molecular weight excluding hydrogens is 395 g/mol. The zero-order valence-electron chi connectivity index (χ0n) is 14.8. The molecule has 0 amide bonds. The van der Waals surface area contributed by atoms with Gasteiger partial charge in [-0.2, -0.15) is 0 Å². The highest BCUT2D eigenvalue weighted by Crippen LogP contribution is 2.32. The van der Waals surface area contributed by atoms with Gasteiger partial charge in [0.2, 0.25) is 0 Å². The van der Waals surface area contributed by atoms with Crippen LogP contribution in [0.5, 0.6) is 5.75 Å². The van der Waals surface area contributed by atoms with Crippen LogP contribution in [0.15, 0.2) is 18.2 Å². The van der Waals surface area contributed by atoms with Gasteiger partial charge in [-0.15, -0.1) is 38.0 Å². The van der Waals surface area contributed by atoms with Crippen molar-refractivity contribution in [2.45, 2.75) is 39.1 Å². The number of piperazine rings is 1. The van der Waals surface area contributed by atoms with E-state index >= 15 is 0 Å². The molecule has 0 bridgehead atoms. The average molecular weight is 421 g/mol. The van der Waals surface area contributed by atoms with Crippen molar-refractivity contribution >= 4 is 24.8 Å². The summed E-state index contributed by atoms with van der Waals surface area (Å²) >= 11 is 0. The van der Waals surface area contributed by atoms with Gasteiger partial charge in [0.15, 0.2) is 11.6 Å². The Balaban J connectivity index is 0.00000312. The SMILES string of the molecule is CC(C)CC[C@@H](c1ccc(OC(F)(F)F)c(F)c1)N1CCNCC1.Cl.Cl. The minimum atomic E-state index is -4.89. The van der Waals surface area contributed by atoms with Crippen molar-refractivity contribution in [2.24, 2.45) is 5.92 Å². The van der Waals surface area contributed by atoms with Gasteiger partial charge in [-0.25, -0.2) is 4.39 Å². The topological polar surface area (TPSA) is 24.5 Å². The lowest BCUT2D eigenvalue weighted by Crippen LogP contribution is -2.45. The van der Waals surface area contributed by atoms with Gasteiger partial charge in [0.05, 0.1) is 0 Å². The molecule has 1 aliphatic rings. The maximum atomic E-state index is 14.1. The number of alkyl halides is 3. The van der Waals surface area contributed by atoms with Crippen LogP contribution >= 0.6 is 24.8 Å². The molecule has 3 nitrogen and oxygen atoms in total. The van der Waals surface area contributed by atoms with Crippen LogP contribution in [0.3, 0.4) is 0 Å². The fourth-order valence-electron chi connectivity index (χ4n) is 2.98. The van der Waals surface area contributed by atoms with Crippen LogP contribution in [-0.2, 0) is 0 Å². The van der Waals surface area contributed by atoms with Crippen molar-refractivity contribution < 1.29 is 22.3 Å². The molecule has 26 heavy (non-hydrogen) atoms. The average Bonchev–Trinajstić information content (AvgIpc) is 2.49. The first-order valence-corrected chi connectivity index (χ1v) is 8.26. The molecule has 0 aromatic heterocycles. The maximum absolute atomic E-state index is 14.1. The molecule has 0 saturated carbocycles. The molecule has 9 heteroatoms. The van der Waals surface area contributed by atoms with Gasteiger partial charge in [0, 0.05) is 32.2 Å². The number of ether oxygens (including phenoxy) is 1. The summed E-state index contributed by atoms with van der Waals surface area (Å²) in [7, 11) is 0. The molecular formula is C17H26Cl2F4N2O. The number of hydrogen-bond acceptors (Lipinski definition) is 3. The first kappa shape index (κ1) is 25.2. The third-order valence-electron chi connectivity index (χ3n) is 4.18. The number of halogens is 6. The molecule has 0 unspecified atom stereocenters. The van der Waals surface area contributed by atoms with E-state index in [9.17, 15) is 17.6 Å². The Labute approximate surface area is 164 Å². The zero-order chi connectivity index (χ0) is 17.7. The van der Waals surface area contributed by atoms with Crippen LogP contribution in [0, 0.1) is 11.7 Å². The second-order valence-corrected chi connectivity index (χ2v) is 6.51. The van der Waals surface area contributed by atoms with E-state index in [1.807, 2.05) is 0 Å². The first-order valence-electron chi connectivity index (χ1n) is 8.26. The molecule has 1 atom stereocenters. The molecule has 0 radical (unpaired) electrons. The van der Waals surface area contributed by atoms with Gasteiger partial charge in [-0.1, -0.05) is 19.9 Å². The molecule has 152 valence electrons. The highest BCUT2D eigenvalue weighted by molar-refractivity contribution is 5.85. The summed E-state index contributed by atoms with van der Waals surface area (Å²) in [4.78, 5) is 2.26. The minimum absolute atomic E-state index is 0. The normalized spacial score (nSPS) is 16.6. The second-order valence-electron chi connectivity index (χ2n) is 6.51. The fraction of sp³-hybridized carbons (Fsp3) is 0.647. The number of nitrogens with one attached hydrogen (secondary N) is 1. The highest BCUT2D eigenvalue weighted by Gasteiger charge is 2.32. The van der Waals surface area contributed by atoms with Crippen molar-refractivity contribution in [1.29, 1.82) is 0 Å². The molecule has 1 fully saturated rings. The van der Waals surface area contributed by atoms with Crippen molar-refractivity contribution in [1.82, 2.24) is 10.2 Å². The Hall–Kier alpha value is -0.760. The quantitative estimate of drug-likeness (QED) is 0.658. The second kappa shape index (κ2) is 11.2. The number of nitrogens with zero attached hydrogens (tertiary/aromatic N) is 1. The monoisotopic (exact) mass is 420 g/mol. The van der Waals surface area contributed by atoms with E-state index in [2.05, 4.69) is 28.8 Å². The Morgan fingerprint density at radius 2 is 1.73 bits per heavy atom. The van der Waals surface area contributed by atoms with E-state index in [1.54, 1.807) is 0 Å². The van der Waals surface area contributed by atoms with Crippen LogP contribution in [0.4, 0.5) is 17.6 Å². The summed E-state index contributed by atoms with van der Waals surface area (Å²) in [6.07, 6.45) is -3.08. The van der Waals surface area contributed by atoms with Crippen molar-refractivity contribution in [3.8, 4) is 5.75 Å².